The predicted octanol–water partition coefficient (Wildman–Crippen LogP) is 8.07. The van der Waals surface area contributed by atoms with E-state index in [0.29, 0.717) is 24.5 Å². The van der Waals surface area contributed by atoms with Gasteiger partial charge in [-0.25, -0.2) is 4.79 Å². The number of unbranched alkanes of at least 4 members (excludes halogenated alkanes) is 3. The fourth-order valence-electron chi connectivity index (χ4n) is 6.51. The second-order valence-corrected chi connectivity index (χ2v) is 16.7. The number of carbonyl (C=O) groups excluding carboxylic acids is 1. The van der Waals surface area contributed by atoms with Crippen LogP contribution in [0.1, 0.15) is 113 Å². The summed E-state index contributed by atoms with van der Waals surface area (Å²) in [5, 5.41) is 9.45. The zero-order valence-corrected chi connectivity index (χ0v) is 27.7. The van der Waals surface area contributed by atoms with Crippen LogP contribution in [0.25, 0.3) is 0 Å². The van der Waals surface area contributed by atoms with Gasteiger partial charge in [0.05, 0.1) is 5.60 Å². The predicted molar refractivity (Wildman–Crippen MR) is 161 cm³/mol. The van der Waals surface area contributed by atoms with Gasteiger partial charge in [-0.3, -0.25) is 4.79 Å². The van der Waals surface area contributed by atoms with Crippen LogP contribution in [0.2, 0.25) is 13.1 Å². The molecule has 222 valence electrons. The zero-order valence-electron chi connectivity index (χ0n) is 26.6. The Morgan fingerprint density at radius 1 is 1.08 bits per heavy atom. The smallest absolute Gasteiger partial charge is 0.331 e. The van der Waals surface area contributed by atoms with Crippen molar-refractivity contribution in [3.05, 3.63) is 12.2 Å². The monoisotopic (exact) mass is 552 g/mol. The Bertz CT molecular complexity index is 763. The molecule has 0 saturated heterocycles. The van der Waals surface area contributed by atoms with Gasteiger partial charge < -0.3 is 14.3 Å². The Balaban J connectivity index is 3.06. The van der Waals surface area contributed by atoms with Crippen molar-refractivity contribution in [2.24, 2.45) is 34.5 Å². The van der Waals surface area contributed by atoms with Crippen LogP contribution in [0.3, 0.4) is 0 Å². The highest BCUT2D eigenvalue weighted by atomic mass is 28.3. The minimum atomic E-state index is -1.39. The molecular formula is C32H60O5Si. The number of hydrogen-bond donors (Lipinski definition) is 1. The van der Waals surface area contributed by atoms with Crippen molar-refractivity contribution >= 4 is 20.8 Å². The number of carboxylic acid groups (broad SMARTS) is 1. The van der Waals surface area contributed by atoms with Crippen LogP contribution in [0.5, 0.6) is 0 Å². The van der Waals surface area contributed by atoms with Crippen molar-refractivity contribution in [1.29, 1.82) is 0 Å². The number of rotatable bonds is 16. The third kappa shape index (κ3) is 10.5. The molecule has 0 aromatic heterocycles. The maximum atomic E-state index is 13.3. The lowest BCUT2D eigenvalue weighted by Crippen LogP contribution is -2.43. The molecule has 0 aromatic carbocycles. The number of aliphatic carboxylic acids is 1. The minimum absolute atomic E-state index is 0.0337. The van der Waals surface area contributed by atoms with Crippen molar-refractivity contribution in [1.82, 2.24) is 0 Å². The molecule has 1 unspecified atom stereocenters. The number of ketones is 1. The molecule has 0 amide bonds. The zero-order chi connectivity index (χ0) is 29.3. The van der Waals surface area contributed by atoms with E-state index in [0.717, 1.165) is 44.9 Å². The second-order valence-electron chi connectivity index (χ2n) is 14.3. The van der Waals surface area contributed by atoms with Crippen LogP contribution < -0.4 is 0 Å². The number of Topliss-reactive ketones (excluding diaryl/α,β-unsaturated/α-hetero) is 1. The number of allylic oxidation sites excluding steroid dienone is 1. The van der Waals surface area contributed by atoms with E-state index >= 15 is 0 Å². The Labute approximate surface area is 236 Å². The third-order valence-electron chi connectivity index (χ3n) is 8.68. The molecule has 0 spiro atoms. The highest BCUT2D eigenvalue weighted by Gasteiger charge is 2.46. The Morgan fingerprint density at radius 2 is 1.71 bits per heavy atom. The molecule has 0 aromatic rings. The molecule has 1 aliphatic rings. The fraction of sp³-hybridized carbons (Fsp3) is 0.875. The highest BCUT2D eigenvalue weighted by molar-refractivity contribution is 6.48. The van der Waals surface area contributed by atoms with Crippen LogP contribution in [-0.2, 0) is 18.8 Å². The molecule has 38 heavy (non-hydrogen) atoms. The molecule has 0 aliphatic heterocycles. The van der Waals surface area contributed by atoms with Gasteiger partial charge in [-0.2, -0.15) is 0 Å². The van der Waals surface area contributed by atoms with E-state index in [1.807, 2.05) is 20.2 Å². The first-order valence-electron chi connectivity index (χ1n) is 15.1. The lowest BCUT2D eigenvalue weighted by Gasteiger charge is -2.43. The summed E-state index contributed by atoms with van der Waals surface area (Å²) in [5.41, 5.74) is -0.163. The van der Waals surface area contributed by atoms with E-state index in [1.165, 1.54) is 0 Å². The van der Waals surface area contributed by atoms with Crippen LogP contribution in [-0.4, -0.2) is 44.7 Å². The van der Waals surface area contributed by atoms with E-state index in [4.69, 9.17) is 9.16 Å². The molecular weight excluding hydrogens is 492 g/mol. The van der Waals surface area contributed by atoms with E-state index < -0.39 is 21.1 Å². The summed E-state index contributed by atoms with van der Waals surface area (Å²) in [4.78, 5) is 24.8. The van der Waals surface area contributed by atoms with E-state index in [2.05, 4.69) is 67.5 Å². The second kappa shape index (κ2) is 15.1. The summed E-state index contributed by atoms with van der Waals surface area (Å²) in [6, 6.07) is 0. The number of hydrogen-bond acceptors (Lipinski definition) is 4. The Kier molecular flexibility index (Phi) is 14.0. The molecule has 1 N–H and O–H groups in total. The SMILES string of the molecule is CCCC[C@@](C)(OC)[C@H](C=C[C@@H]1[C@H](C(C)(C)C)CC(=O)[C@@H]1CCCCCC(O[SiH](C)C)C(=O)O)C(C)(C)C. The van der Waals surface area contributed by atoms with Crippen molar-refractivity contribution < 1.29 is 23.9 Å². The molecule has 0 bridgehead atoms. The molecule has 5 nitrogen and oxygen atoms in total. The van der Waals surface area contributed by atoms with Crippen molar-refractivity contribution in [2.75, 3.05) is 7.11 Å². The topological polar surface area (TPSA) is 72.8 Å². The number of methoxy groups -OCH3 is 1. The summed E-state index contributed by atoms with van der Waals surface area (Å²) < 4.78 is 11.9. The van der Waals surface area contributed by atoms with Crippen LogP contribution in [0.4, 0.5) is 0 Å². The average Bonchev–Trinajstić information content (AvgIpc) is 3.11. The lowest BCUT2D eigenvalue weighted by atomic mass is 9.67. The minimum Gasteiger partial charge on any atom is -0.479 e. The quantitative estimate of drug-likeness (QED) is 0.119. The van der Waals surface area contributed by atoms with Crippen LogP contribution in [0, 0.1) is 34.5 Å². The summed E-state index contributed by atoms with van der Waals surface area (Å²) in [6.07, 6.45) is 12.1. The molecule has 0 heterocycles. The van der Waals surface area contributed by atoms with Gasteiger partial charge in [-0.15, -0.1) is 0 Å². The van der Waals surface area contributed by atoms with Gasteiger partial charge in [0, 0.05) is 25.4 Å². The van der Waals surface area contributed by atoms with E-state index in [1.54, 1.807) is 0 Å². The Hall–Kier alpha value is -0.983. The Morgan fingerprint density at radius 3 is 2.18 bits per heavy atom. The number of carboxylic acids is 1. The van der Waals surface area contributed by atoms with Gasteiger partial charge >= 0.3 is 5.97 Å². The molecule has 1 fully saturated rings. The average molecular weight is 553 g/mol. The summed E-state index contributed by atoms with van der Waals surface area (Å²) >= 11 is 0. The molecule has 6 atom stereocenters. The molecule has 0 radical (unpaired) electrons. The third-order valence-corrected chi connectivity index (χ3v) is 9.55. The van der Waals surface area contributed by atoms with Crippen molar-refractivity contribution in [2.45, 2.75) is 138 Å². The van der Waals surface area contributed by atoms with E-state index in [9.17, 15) is 14.7 Å². The molecule has 1 aliphatic carbocycles. The molecule has 1 saturated carbocycles. The lowest BCUT2D eigenvalue weighted by molar-refractivity contribution is -0.145. The first kappa shape index (κ1) is 35.0. The maximum absolute atomic E-state index is 13.3. The van der Waals surface area contributed by atoms with Gasteiger partial charge in [0.1, 0.15) is 11.9 Å². The largest absolute Gasteiger partial charge is 0.479 e. The van der Waals surface area contributed by atoms with Gasteiger partial charge in [0.25, 0.3) is 0 Å². The van der Waals surface area contributed by atoms with Gasteiger partial charge in [-0.1, -0.05) is 92.7 Å². The highest BCUT2D eigenvalue weighted by Crippen LogP contribution is 2.48. The van der Waals surface area contributed by atoms with Gasteiger partial charge in [0.2, 0.25) is 0 Å². The van der Waals surface area contributed by atoms with Crippen LogP contribution >= 0.6 is 0 Å². The molecule has 1 rings (SSSR count). The van der Waals surface area contributed by atoms with Gasteiger partial charge in [-0.05, 0) is 61.9 Å². The molecule has 6 heteroatoms. The van der Waals surface area contributed by atoms with Crippen molar-refractivity contribution in [3.8, 4) is 0 Å². The first-order chi connectivity index (χ1) is 17.5. The van der Waals surface area contributed by atoms with Crippen LogP contribution in [0.15, 0.2) is 12.2 Å². The fourth-order valence-corrected chi connectivity index (χ4v) is 7.42. The van der Waals surface area contributed by atoms with Gasteiger partial charge in [0.15, 0.2) is 9.04 Å². The standard InChI is InChI=1S/C32H60O5Si/c1-12-13-21-32(8,36-9)28(31(5,6)7)20-19-23-24(26(33)22-25(23)30(2,3)4)17-15-14-16-18-27(29(34)35)37-38(10)11/h19-20,23-25,27-28,38H,12-18,21-22H2,1-11H3,(H,34,35)/t23-,24+,25+,27?,28+,32+/m0/s1. The number of ether oxygens (including phenoxy) is 1. The number of carbonyl (C=O) groups is 2. The summed E-state index contributed by atoms with van der Waals surface area (Å²) in [6.45, 7) is 22.1. The van der Waals surface area contributed by atoms with E-state index in [-0.39, 0.29) is 34.2 Å². The summed E-state index contributed by atoms with van der Waals surface area (Å²) in [5.74, 6) is 0.357. The summed E-state index contributed by atoms with van der Waals surface area (Å²) in [7, 11) is 0.444. The normalized spacial score (nSPS) is 24.2. The van der Waals surface area contributed by atoms with Crippen molar-refractivity contribution in [3.63, 3.8) is 0 Å². The maximum Gasteiger partial charge on any atom is 0.331 e. The first-order valence-corrected chi connectivity index (χ1v) is 17.9.